The standard InChI is InChI=1S/C10H12N2O4/c1-5-6(2-3-9(14)15)10(16)12-7(5)4-8(11)13/h4H,2-3H2,1H3,(H2,11,13)(H,12,16)(H,14,15)/b7-4-. The van der Waals surface area contributed by atoms with Gasteiger partial charge in [0.25, 0.3) is 5.91 Å². The fourth-order valence-electron chi connectivity index (χ4n) is 1.44. The molecule has 0 saturated carbocycles. The number of carboxylic acid groups (broad SMARTS) is 1. The van der Waals surface area contributed by atoms with Crippen LogP contribution in [0.25, 0.3) is 0 Å². The summed E-state index contributed by atoms with van der Waals surface area (Å²) in [5.74, 6) is -2.00. The highest BCUT2D eigenvalue weighted by Gasteiger charge is 2.24. The monoisotopic (exact) mass is 224 g/mol. The number of rotatable bonds is 4. The summed E-state index contributed by atoms with van der Waals surface area (Å²) in [4.78, 5) is 32.5. The molecule has 0 radical (unpaired) electrons. The highest BCUT2D eigenvalue weighted by atomic mass is 16.4. The van der Waals surface area contributed by atoms with Crippen molar-refractivity contribution in [1.82, 2.24) is 5.32 Å². The van der Waals surface area contributed by atoms with Crippen LogP contribution in [0, 0.1) is 0 Å². The molecule has 1 rings (SSSR count). The molecule has 2 amide bonds. The van der Waals surface area contributed by atoms with Gasteiger partial charge in [-0.15, -0.1) is 0 Å². The fourth-order valence-corrected chi connectivity index (χ4v) is 1.44. The first-order valence-electron chi connectivity index (χ1n) is 4.66. The zero-order valence-electron chi connectivity index (χ0n) is 8.74. The van der Waals surface area contributed by atoms with E-state index in [0.717, 1.165) is 6.08 Å². The second kappa shape index (κ2) is 4.61. The lowest BCUT2D eigenvalue weighted by atomic mass is 10.1. The summed E-state index contributed by atoms with van der Waals surface area (Å²) in [6.45, 7) is 1.64. The number of amides is 2. The van der Waals surface area contributed by atoms with Gasteiger partial charge in [0.05, 0.1) is 0 Å². The Kier molecular flexibility index (Phi) is 3.44. The molecule has 6 nitrogen and oxygen atoms in total. The summed E-state index contributed by atoms with van der Waals surface area (Å²) in [5, 5.41) is 11.0. The van der Waals surface area contributed by atoms with Crippen LogP contribution in [0.3, 0.4) is 0 Å². The zero-order chi connectivity index (χ0) is 12.3. The van der Waals surface area contributed by atoms with Gasteiger partial charge in [0, 0.05) is 23.8 Å². The van der Waals surface area contributed by atoms with Crippen molar-refractivity contribution in [2.24, 2.45) is 5.73 Å². The lowest BCUT2D eigenvalue weighted by Crippen LogP contribution is -2.19. The molecule has 4 N–H and O–H groups in total. The average Bonchev–Trinajstić information content (AvgIpc) is 2.39. The Bertz CT molecular complexity index is 421. The van der Waals surface area contributed by atoms with E-state index in [9.17, 15) is 14.4 Å². The lowest BCUT2D eigenvalue weighted by Gasteiger charge is -1.97. The van der Waals surface area contributed by atoms with Crippen molar-refractivity contribution in [2.45, 2.75) is 19.8 Å². The first-order chi connectivity index (χ1) is 7.41. The maximum atomic E-state index is 11.4. The van der Waals surface area contributed by atoms with E-state index in [1.807, 2.05) is 0 Å². The number of primary amides is 1. The van der Waals surface area contributed by atoms with Gasteiger partial charge < -0.3 is 16.2 Å². The van der Waals surface area contributed by atoms with Crippen molar-refractivity contribution < 1.29 is 19.5 Å². The maximum absolute atomic E-state index is 11.4. The van der Waals surface area contributed by atoms with Crippen LogP contribution in [0.2, 0.25) is 0 Å². The van der Waals surface area contributed by atoms with Gasteiger partial charge in [-0.05, 0) is 18.9 Å². The first kappa shape index (κ1) is 12.0. The third-order valence-corrected chi connectivity index (χ3v) is 2.25. The van der Waals surface area contributed by atoms with Gasteiger partial charge in [0.2, 0.25) is 5.91 Å². The number of aliphatic carboxylic acids is 1. The molecule has 6 heteroatoms. The van der Waals surface area contributed by atoms with Gasteiger partial charge >= 0.3 is 5.97 Å². The molecule has 0 aliphatic carbocycles. The van der Waals surface area contributed by atoms with E-state index in [1.54, 1.807) is 6.92 Å². The molecule has 0 aromatic carbocycles. The minimum absolute atomic E-state index is 0.121. The van der Waals surface area contributed by atoms with Gasteiger partial charge in [-0.3, -0.25) is 14.4 Å². The Labute approximate surface area is 91.8 Å². The zero-order valence-corrected chi connectivity index (χ0v) is 8.74. The summed E-state index contributed by atoms with van der Waals surface area (Å²) < 4.78 is 0. The first-order valence-corrected chi connectivity index (χ1v) is 4.66. The quantitative estimate of drug-likeness (QED) is 0.568. The number of carboxylic acids is 1. The third kappa shape index (κ3) is 2.69. The van der Waals surface area contributed by atoms with Crippen molar-refractivity contribution in [3.8, 4) is 0 Å². The Morgan fingerprint density at radius 1 is 1.50 bits per heavy atom. The third-order valence-electron chi connectivity index (χ3n) is 2.25. The molecule has 1 aliphatic heterocycles. The van der Waals surface area contributed by atoms with E-state index < -0.39 is 11.9 Å². The molecule has 0 atom stereocenters. The van der Waals surface area contributed by atoms with Crippen LogP contribution >= 0.6 is 0 Å². The largest absolute Gasteiger partial charge is 0.481 e. The predicted molar refractivity (Wildman–Crippen MR) is 55.0 cm³/mol. The summed E-state index contributed by atoms with van der Waals surface area (Å²) >= 11 is 0. The van der Waals surface area contributed by atoms with Crippen molar-refractivity contribution >= 4 is 17.8 Å². The molecule has 1 aliphatic rings. The molecule has 0 spiro atoms. The van der Waals surface area contributed by atoms with Gasteiger partial charge in [-0.25, -0.2) is 0 Å². The predicted octanol–water partition coefficient (Wildman–Crippen LogP) is -0.333. The van der Waals surface area contributed by atoms with Gasteiger partial charge in [0.15, 0.2) is 0 Å². The lowest BCUT2D eigenvalue weighted by molar-refractivity contribution is -0.137. The minimum Gasteiger partial charge on any atom is -0.481 e. The summed E-state index contributed by atoms with van der Waals surface area (Å²) in [5.41, 5.74) is 6.27. The van der Waals surface area contributed by atoms with Crippen LogP contribution in [0.5, 0.6) is 0 Å². The second-order valence-corrected chi connectivity index (χ2v) is 3.41. The molecule has 0 aromatic rings. The van der Waals surface area contributed by atoms with Crippen LogP contribution in [0.4, 0.5) is 0 Å². The Morgan fingerprint density at radius 3 is 2.62 bits per heavy atom. The fraction of sp³-hybridized carbons (Fsp3) is 0.300. The summed E-state index contributed by atoms with van der Waals surface area (Å²) in [6, 6.07) is 0. The van der Waals surface area contributed by atoms with E-state index in [0.29, 0.717) is 16.8 Å². The molecule has 0 aromatic heterocycles. The molecule has 86 valence electrons. The molecule has 16 heavy (non-hydrogen) atoms. The molecule has 0 fully saturated rings. The smallest absolute Gasteiger partial charge is 0.303 e. The molecule has 1 heterocycles. The van der Waals surface area contributed by atoms with Crippen LogP contribution in [-0.2, 0) is 14.4 Å². The normalized spacial score (nSPS) is 17.8. The maximum Gasteiger partial charge on any atom is 0.303 e. The SMILES string of the molecule is CC1=C(CCC(=O)O)C(=O)N/C1=C\C(N)=O. The number of nitrogens with two attached hydrogens (primary N) is 1. The van der Waals surface area contributed by atoms with E-state index in [4.69, 9.17) is 10.8 Å². The van der Waals surface area contributed by atoms with Crippen LogP contribution in [0.1, 0.15) is 19.8 Å². The van der Waals surface area contributed by atoms with Crippen molar-refractivity contribution in [2.75, 3.05) is 0 Å². The number of carbonyl (C=O) groups is 3. The topological polar surface area (TPSA) is 109 Å². The number of allylic oxidation sites excluding steroid dienone is 1. The minimum atomic E-state index is -0.972. The summed E-state index contributed by atoms with van der Waals surface area (Å²) in [6.07, 6.45) is 1.13. The van der Waals surface area contributed by atoms with Crippen molar-refractivity contribution in [1.29, 1.82) is 0 Å². The van der Waals surface area contributed by atoms with E-state index in [2.05, 4.69) is 5.32 Å². The highest BCUT2D eigenvalue weighted by molar-refractivity contribution is 6.02. The summed E-state index contributed by atoms with van der Waals surface area (Å²) in [7, 11) is 0. The number of hydrogen-bond acceptors (Lipinski definition) is 3. The van der Waals surface area contributed by atoms with Crippen molar-refractivity contribution in [3.05, 3.63) is 22.9 Å². The van der Waals surface area contributed by atoms with E-state index in [1.165, 1.54) is 0 Å². The number of hydrogen-bond donors (Lipinski definition) is 3. The van der Waals surface area contributed by atoms with Gasteiger partial charge in [-0.1, -0.05) is 0 Å². The highest BCUT2D eigenvalue weighted by Crippen LogP contribution is 2.23. The van der Waals surface area contributed by atoms with E-state index in [-0.39, 0.29) is 18.7 Å². The Hall–Kier alpha value is -2.11. The molecule has 0 bridgehead atoms. The molecular formula is C10H12N2O4. The molecule has 0 saturated heterocycles. The number of nitrogens with one attached hydrogen (secondary N) is 1. The van der Waals surface area contributed by atoms with Gasteiger partial charge in [-0.2, -0.15) is 0 Å². The second-order valence-electron chi connectivity index (χ2n) is 3.41. The van der Waals surface area contributed by atoms with Crippen LogP contribution < -0.4 is 11.1 Å². The Balaban J connectivity index is 2.89. The van der Waals surface area contributed by atoms with Crippen LogP contribution in [0.15, 0.2) is 22.9 Å². The van der Waals surface area contributed by atoms with Crippen molar-refractivity contribution in [3.63, 3.8) is 0 Å². The average molecular weight is 224 g/mol. The number of carbonyl (C=O) groups excluding carboxylic acids is 2. The Morgan fingerprint density at radius 2 is 2.12 bits per heavy atom. The molecule has 0 unspecified atom stereocenters. The van der Waals surface area contributed by atoms with E-state index >= 15 is 0 Å². The van der Waals surface area contributed by atoms with Crippen LogP contribution in [-0.4, -0.2) is 22.9 Å². The van der Waals surface area contributed by atoms with Gasteiger partial charge in [0.1, 0.15) is 0 Å². The molecular weight excluding hydrogens is 212 g/mol.